The number of ether oxygens (including phenoxy) is 1. The van der Waals surface area contributed by atoms with E-state index in [0.717, 1.165) is 25.1 Å². The second kappa shape index (κ2) is 8.85. The number of benzene rings is 1. The minimum absolute atomic E-state index is 0.117. The fourth-order valence-corrected chi connectivity index (χ4v) is 2.90. The molecule has 142 valence electrons. The Labute approximate surface area is 154 Å². The number of aromatic nitrogens is 1. The maximum Gasteiger partial charge on any atom is 0.355 e. The molecule has 0 bridgehead atoms. The Hall–Kier alpha value is -2.34. The molecule has 2 rings (SSSR count). The molecule has 0 fully saturated rings. The first-order valence-electron chi connectivity index (χ1n) is 9.10. The maximum absolute atomic E-state index is 13.2. The van der Waals surface area contributed by atoms with Crippen LogP contribution < -0.4 is 10.3 Å². The van der Waals surface area contributed by atoms with E-state index in [0.29, 0.717) is 23.0 Å². The lowest BCUT2D eigenvalue weighted by Crippen LogP contribution is -2.27. The van der Waals surface area contributed by atoms with Gasteiger partial charge in [0.1, 0.15) is 5.69 Å². The van der Waals surface area contributed by atoms with Crippen molar-refractivity contribution in [2.45, 2.75) is 33.2 Å². The van der Waals surface area contributed by atoms with Crippen LogP contribution in [0.2, 0.25) is 0 Å². The SMILES string of the molecule is CCCCN(C)Cc1c(C(=O)OCC)[nH]c2ccc(N(C)C)cc2c1=O. The molecule has 6 nitrogen and oxygen atoms in total. The van der Waals surface area contributed by atoms with E-state index in [1.165, 1.54) is 0 Å². The third kappa shape index (κ3) is 4.43. The van der Waals surface area contributed by atoms with Crippen LogP contribution in [0.3, 0.4) is 0 Å². The number of aromatic amines is 1. The highest BCUT2D eigenvalue weighted by Gasteiger charge is 2.20. The zero-order valence-electron chi connectivity index (χ0n) is 16.4. The van der Waals surface area contributed by atoms with E-state index in [1.54, 1.807) is 6.92 Å². The Morgan fingerprint density at radius 1 is 1.19 bits per heavy atom. The van der Waals surface area contributed by atoms with E-state index in [-0.39, 0.29) is 17.7 Å². The van der Waals surface area contributed by atoms with E-state index >= 15 is 0 Å². The molecule has 0 saturated carbocycles. The number of rotatable bonds is 8. The van der Waals surface area contributed by atoms with Crippen LogP contribution in [0.4, 0.5) is 5.69 Å². The summed E-state index contributed by atoms with van der Waals surface area (Å²) in [5, 5.41) is 0.586. The molecule has 1 aromatic carbocycles. The van der Waals surface area contributed by atoms with Crippen LogP contribution in [0.5, 0.6) is 0 Å². The van der Waals surface area contributed by atoms with Crippen molar-refractivity contribution in [1.82, 2.24) is 9.88 Å². The summed E-state index contributed by atoms with van der Waals surface area (Å²) in [4.78, 5) is 32.7. The molecule has 0 aliphatic carbocycles. The van der Waals surface area contributed by atoms with E-state index in [4.69, 9.17) is 4.74 Å². The highest BCUT2D eigenvalue weighted by molar-refractivity contribution is 5.93. The highest BCUT2D eigenvalue weighted by atomic mass is 16.5. The number of pyridine rings is 1. The quantitative estimate of drug-likeness (QED) is 0.734. The van der Waals surface area contributed by atoms with Crippen molar-refractivity contribution in [2.75, 3.05) is 39.2 Å². The predicted octanol–water partition coefficient (Wildman–Crippen LogP) is 3.00. The number of nitrogens with zero attached hydrogens (tertiary/aromatic N) is 2. The number of unbranched alkanes of at least 4 members (excludes halogenated alkanes) is 1. The number of anilines is 1. The van der Waals surface area contributed by atoms with Crippen molar-refractivity contribution in [1.29, 1.82) is 0 Å². The van der Waals surface area contributed by atoms with E-state index < -0.39 is 5.97 Å². The number of carbonyl (C=O) groups is 1. The zero-order valence-corrected chi connectivity index (χ0v) is 16.4. The van der Waals surface area contributed by atoms with Crippen LogP contribution in [-0.4, -0.2) is 50.1 Å². The summed E-state index contributed by atoms with van der Waals surface area (Å²) < 4.78 is 5.16. The topological polar surface area (TPSA) is 65.6 Å². The second-order valence-electron chi connectivity index (χ2n) is 6.74. The third-order valence-corrected chi connectivity index (χ3v) is 4.40. The Morgan fingerprint density at radius 2 is 1.92 bits per heavy atom. The predicted molar refractivity (Wildman–Crippen MR) is 106 cm³/mol. The van der Waals surface area contributed by atoms with Crippen LogP contribution in [0, 0.1) is 0 Å². The fourth-order valence-electron chi connectivity index (χ4n) is 2.90. The summed E-state index contributed by atoms with van der Waals surface area (Å²) in [7, 11) is 5.83. The van der Waals surface area contributed by atoms with Gasteiger partial charge in [0.05, 0.1) is 12.1 Å². The van der Waals surface area contributed by atoms with Gasteiger partial charge in [-0.25, -0.2) is 4.79 Å². The Morgan fingerprint density at radius 3 is 2.54 bits per heavy atom. The van der Waals surface area contributed by atoms with Crippen molar-refractivity contribution in [3.63, 3.8) is 0 Å². The average molecular weight is 359 g/mol. The lowest BCUT2D eigenvalue weighted by molar-refractivity contribution is 0.0517. The van der Waals surface area contributed by atoms with Crippen molar-refractivity contribution < 1.29 is 9.53 Å². The minimum atomic E-state index is -0.484. The van der Waals surface area contributed by atoms with Gasteiger partial charge in [-0.05, 0) is 45.1 Å². The smallest absolute Gasteiger partial charge is 0.355 e. The van der Waals surface area contributed by atoms with Gasteiger partial charge < -0.3 is 19.5 Å². The first-order valence-corrected chi connectivity index (χ1v) is 9.10. The molecular formula is C20H29N3O3. The van der Waals surface area contributed by atoms with Gasteiger partial charge in [0.25, 0.3) is 0 Å². The van der Waals surface area contributed by atoms with Crippen LogP contribution in [-0.2, 0) is 11.3 Å². The van der Waals surface area contributed by atoms with Gasteiger partial charge in [-0.3, -0.25) is 4.79 Å². The Bertz CT molecular complexity index is 827. The molecule has 0 unspecified atom stereocenters. The van der Waals surface area contributed by atoms with Crippen LogP contribution in [0.1, 0.15) is 42.7 Å². The summed E-state index contributed by atoms with van der Waals surface area (Å²) in [5.41, 5.74) is 2.19. The molecule has 0 amide bonds. The van der Waals surface area contributed by atoms with Gasteiger partial charge in [0.15, 0.2) is 5.43 Å². The first kappa shape index (κ1) is 20.0. The highest BCUT2D eigenvalue weighted by Crippen LogP contribution is 2.20. The van der Waals surface area contributed by atoms with Gasteiger partial charge in [-0.15, -0.1) is 0 Å². The number of nitrogens with one attached hydrogen (secondary N) is 1. The molecule has 1 N–H and O–H groups in total. The maximum atomic E-state index is 13.2. The molecule has 0 spiro atoms. The molecule has 26 heavy (non-hydrogen) atoms. The summed E-state index contributed by atoms with van der Waals surface area (Å²) in [6.07, 6.45) is 2.12. The van der Waals surface area contributed by atoms with Crippen molar-refractivity contribution in [2.24, 2.45) is 0 Å². The number of fused-ring (bicyclic) bond motifs is 1. The number of carbonyl (C=O) groups excluding carboxylic acids is 1. The fraction of sp³-hybridized carbons (Fsp3) is 0.500. The molecule has 1 aromatic heterocycles. The van der Waals surface area contributed by atoms with E-state index in [9.17, 15) is 9.59 Å². The first-order chi connectivity index (χ1) is 12.4. The average Bonchev–Trinajstić information content (AvgIpc) is 2.61. The largest absolute Gasteiger partial charge is 0.461 e. The van der Waals surface area contributed by atoms with Gasteiger partial charge in [-0.2, -0.15) is 0 Å². The van der Waals surface area contributed by atoms with Gasteiger partial charge >= 0.3 is 5.97 Å². The molecule has 6 heteroatoms. The molecule has 1 heterocycles. The molecule has 2 aromatic rings. The third-order valence-electron chi connectivity index (χ3n) is 4.40. The Balaban J connectivity index is 2.58. The zero-order chi connectivity index (χ0) is 19.3. The molecule has 0 atom stereocenters. The monoisotopic (exact) mass is 359 g/mol. The Kier molecular flexibility index (Phi) is 6.80. The van der Waals surface area contributed by atoms with Crippen molar-refractivity contribution in [3.8, 4) is 0 Å². The minimum Gasteiger partial charge on any atom is -0.461 e. The lowest BCUT2D eigenvalue weighted by Gasteiger charge is -2.19. The summed E-state index contributed by atoms with van der Waals surface area (Å²) in [5.74, 6) is -0.484. The molecule has 0 aliphatic heterocycles. The van der Waals surface area contributed by atoms with Crippen molar-refractivity contribution in [3.05, 3.63) is 39.7 Å². The van der Waals surface area contributed by atoms with Gasteiger partial charge in [-0.1, -0.05) is 13.3 Å². The molecule has 0 radical (unpaired) electrons. The number of esters is 1. The molecule has 0 saturated heterocycles. The molecule has 0 aliphatic rings. The van der Waals surface area contributed by atoms with Gasteiger partial charge in [0, 0.05) is 37.3 Å². The number of H-pyrrole nitrogens is 1. The standard InChI is InChI=1S/C20H29N3O3/c1-6-8-11-23(5)13-16-18(20(25)26-7-2)21-17-10-9-14(22(3)4)12-15(17)19(16)24/h9-10,12H,6-8,11,13H2,1-5H3,(H,21,24). The van der Waals surface area contributed by atoms with E-state index in [1.807, 2.05) is 44.2 Å². The summed E-state index contributed by atoms with van der Waals surface area (Å²) >= 11 is 0. The normalized spacial score (nSPS) is 11.2. The number of hydrogen-bond acceptors (Lipinski definition) is 5. The van der Waals surface area contributed by atoms with E-state index in [2.05, 4.69) is 16.8 Å². The van der Waals surface area contributed by atoms with Crippen molar-refractivity contribution >= 4 is 22.6 Å². The van der Waals surface area contributed by atoms with Crippen LogP contribution >= 0.6 is 0 Å². The molecular weight excluding hydrogens is 330 g/mol. The summed E-state index contributed by atoms with van der Waals surface area (Å²) in [6.45, 7) is 5.43. The lowest BCUT2D eigenvalue weighted by atomic mass is 10.1. The number of hydrogen-bond donors (Lipinski definition) is 1. The van der Waals surface area contributed by atoms with Crippen LogP contribution in [0.15, 0.2) is 23.0 Å². The summed E-state index contributed by atoms with van der Waals surface area (Å²) in [6, 6.07) is 5.61. The van der Waals surface area contributed by atoms with Crippen LogP contribution in [0.25, 0.3) is 10.9 Å². The van der Waals surface area contributed by atoms with Gasteiger partial charge in [0.2, 0.25) is 0 Å². The second-order valence-corrected chi connectivity index (χ2v) is 6.74.